The highest BCUT2D eigenvalue weighted by Gasteiger charge is 2.16. The number of aromatic amines is 1. The minimum atomic E-state index is 0. The standard InChI is InChI=1S/C6H6N4.ClH/c7-1-5-4-2-8-3-6(4)10-9-5;/h8H,2-3H2,(H,9,10);1H. The molecule has 0 atom stereocenters. The topological polar surface area (TPSA) is 64.5 Å². The summed E-state index contributed by atoms with van der Waals surface area (Å²) in [7, 11) is 0. The predicted molar refractivity (Wildman–Crippen MR) is 41.1 cm³/mol. The average molecular weight is 171 g/mol. The monoisotopic (exact) mass is 170 g/mol. The van der Waals surface area contributed by atoms with Crippen molar-refractivity contribution in [2.75, 3.05) is 0 Å². The van der Waals surface area contributed by atoms with Crippen LogP contribution in [0.4, 0.5) is 0 Å². The van der Waals surface area contributed by atoms with E-state index in [9.17, 15) is 0 Å². The third-order valence-electron chi connectivity index (χ3n) is 1.66. The first-order chi connectivity index (χ1) is 4.92. The van der Waals surface area contributed by atoms with E-state index in [2.05, 4.69) is 15.5 Å². The first-order valence-corrected chi connectivity index (χ1v) is 3.09. The fourth-order valence-corrected chi connectivity index (χ4v) is 1.14. The van der Waals surface area contributed by atoms with Crippen molar-refractivity contribution in [1.29, 1.82) is 5.26 Å². The van der Waals surface area contributed by atoms with Crippen LogP contribution in [0.1, 0.15) is 17.0 Å². The van der Waals surface area contributed by atoms with Gasteiger partial charge in [0.25, 0.3) is 0 Å². The summed E-state index contributed by atoms with van der Waals surface area (Å²) in [6, 6.07) is 2.02. The van der Waals surface area contributed by atoms with Gasteiger partial charge >= 0.3 is 0 Å². The van der Waals surface area contributed by atoms with E-state index in [0.717, 1.165) is 24.3 Å². The Morgan fingerprint density at radius 1 is 1.45 bits per heavy atom. The lowest BCUT2D eigenvalue weighted by molar-refractivity contribution is 0.740. The molecule has 0 aliphatic carbocycles. The van der Waals surface area contributed by atoms with Gasteiger partial charge in [0, 0.05) is 18.7 Å². The van der Waals surface area contributed by atoms with Crippen molar-refractivity contribution >= 4 is 12.4 Å². The van der Waals surface area contributed by atoms with Crippen molar-refractivity contribution in [3.63, 3.8) is 0 Å². The van der Waals surface area contributed by atoms with Crippen LogP contribution in [0.25, 0.3) is 0 Å². The van der Waals surface area contributed by atoms with E-state index in [1.807, 2.05) is 6.07 Å². The van der Waals surface area contributed by atoms with Crippen molar-refractivity contribution in [2.45, 2.75) is 13.1 Å². The van der Waals surface area contributed by atoms with E-state index in [0.29, 0.717) is 5.69 Å². The molecular formula is C6H7ClN4. The number of nitrogens with one attached hydrogen (secondary N) is 2. The molecular weight excluding hydrogens is 164 g/mol. The summed E-state index contributed by atoms with van der Waals surface area (Å²) in [5.41, 5.74) is 2.61. The van der Waals surface area contributed by atoms with E-state index in [4.69, 9.17) is 5.26 Å². The second-order valence-electron chi connectivity index (χ2n) is 2.24. The number of hydrogen-bond acceptors (Lipinski definition) is 3. The Morgan fingerprint density at radius 3 is 3.00 bits per heavy atom. The maximum atomic E-state index is 8.53. The van der Waals surface area contributed by atoms with E-state index < -0.39 is 0 Å². The van der Waals surface area contributed by atoms with Gasteiger partial charge in [-0.2, -0.15) is 10.4 Å². The van der Waals surface area contributed by atoms with Crippen LogP contribution in [-0.4, -0.2) is 10.2 Å². The molecule has 0 aromatic carbocycles. The first-order valence-electron chi connectivity index (χ1n) is 3.09. The van der Waals surface area contributed by atoms with Crippen molar-refractivity contribution in [2.24, 2.45) is 0 Å². The lowest BCUT2D eigenvalue weighted by atomic mass is 10.2. The molecule has 11 heavy (non-hydrogen) atoms. The molecule has 1 aliphatic rings. The number of rotatable bonds is 0. The van der Waals surface area contributed by atoms with Crippen LogP contribution in [0.15, 0.2) is 0 Å². The van der Waals surface area contributed by atoms with Gasteiger partial charge in [0.05, 0.1) is 5.69 Å². The minimum Gasteiger partial charge on any atom is -0.307 e. The fourth-order valence-electron chi connectivity index (χ4n) is 1.14. The van der Waals surface area contributed by atoms with Crippen molar-refractivity contribution < 1.29 is 0 Å². The zero-order valence-corrected chi connectivity index (χ0v) is 6.53. The number of nitrogens with zero attached hydrogens (tertiary/aromatic N) is 2. The zero-order chi connectivity index (χ0) is 6.97. The number of nitriles is 1. The molecule has 4 nitrogen and oxygen atoms in total. The summed E-state index contributed by atoms with van der Waals surface area (Å²) in [5, 5.41) is 18.3. The molecule has 2 heterocycles. The molecule has 0 bridgehead atoms. The molecule has 0 fully saturated rings. The van der Waals surface area contributed by atoms with Gasteiger partial charge in [-0.15, -0.1) is 12.4 Å². The summed E-state index contributed by atoms with van der Waals surface area (Å²) >= 11 is 0. The summed E-state index contributed by atoms with van der Waals surface area (Å²) < 4.78 is 0. The van der Waals surface area contributed by atoms with Gasteiger partial charge < -0.3 is 5.32 Å². The Morgan fingerprint density at radius 2 is 2.27 bits per heavy atom. The molecule has 1 aromatic rings. The quantitative estimate of drug-likeness (QED) is 0.589. The summed E-state index contributed by atoms with van der Waals surface area (Å²) in [4.78, 5) is 0. The maximum Gasteiger partial charge on any atom is 0.167 e. The Labute approximate surface area is 70.0 Å². The van der Waals surface area contributed by atoms with Crippen molar-refractivity contribution in [3.8, 4) is 6.07 Å². The number of hydrogen-bond donors (Lipinski definition) is 2. The molecule has 0 unspecified atom stereocenters. The van der Waals surface area contributed by atoms with Gasteiger partial charge in [-0.1, -0.05) is 0 Å². The van der Waals surface area contributed by atoms with Crippen LogP contribution in [0, 0.1) is 11.3 Å². The Kier molecular flexibility index (Phi) is 2.13. The van der Waals surface area contributed by atoms with Crippen LogP contribution in [0.5, 0.6) is 0 Å². The Hall–Kier alpha value is -1.05. The van der Waals surface area contributed by atoms with Gasteiger partial charge in [0.15, 0.2) is 5.69 Å². The molecule has 0 radical (unpaired) electrons. The molecule has 2 N–H and O–H groups in total. The molecule has 58 valence electrons. The summed E-state index contributed by atoms with van der Waals surface area (Å²) in [6.07, 6.45) is 0. The van der Waals surface area contributed by atoms with Crippen molar-refractivity contribution in [3.05, 3.63) is 17.0 Å². The molecule has 1 aromatic heterocycles. The van der Waals surface area contributed by atoms with Gasteiger partial charge in [-0.05, 0) is 0 Å². The van der Waals surface area contributed by atoms with E-state index in [1.165, 1.54) is 0 Å². The van der Waals surface area contributed by atoms with Gasteiger partial charge in [0.2, 0.25) is 0 Å². The van der Waals surface area contributed by atoms with E-state index in [-0.39, 0.29) is 12.4 Å². The number of halogens is 1. The number of H-pyrrole nitrogens is 1. The van der Waals surface area contributed by atoms with Crippen LogP contribution in [-0.2, 0) is 13.1 Å². The maximum absolute atomic E-state index is 8.53. The SMILES string of the molecule is Cl.N#Cc1n[nH]c2c1CNC2. The largest absolute Gasteiger partial charge is 0.307 e. The molecule has 0 amide bonds. The highest BCUT2D eigenvalue weighted by atomic mass is 35.5. The lowest BCUT2D eigenvalue weighted by Crippen LogP contribution is -2.02. The van der Waals surface area contributed by atoms with Crippen LogP contribution in [0.3, 0.4) is 0 Å². The molecule has 1 aliphatic heterocycles. The smallest absolute Gasteiger partial charge is 0.167 e. The second kappa shape index (κ2) is 2.91. The highest BCUT2D eigenvalue weighted by Crippen LogP contribution is 2.14. The normalized spacial score (nSPS) is 13.4. The molecule has 0 saturated heterocycles. The summed E-state index contributed by atoms with van der Waals surface area (Å²) in [5.74, 6) is 0. The highest BCUT2D eigenvalue weighted by molar-refractivity contribution is 5.85. The molecule has 0 spiro atoms. The van der Waals surface area contributed by atoms with E-state index in [1.54, 1.807) is 0 Å². The van der Waals surface area contributed by atoms with Gasteiger partial charge in [-0.25, -0.2) is 0 Å². The predicted octanol–water partition coefficient (Wildman–Crippen LogP) is 0.306. The minimum absolute atomic E-state index is 0. The Balaban J connectivity index is 0.000000605. The van der Waals surface area contributed by atoms with Gasteiger partial charge in [0.1, 0.15) is 6.07 Å². The average Bonchev–Trinajstić information content (AvgIpc) is 2.44. The first kappa shape index (κ1) is 8.05. The molecule has 0 saturated carbocycles. The van der Waals surface area contributed by atoms with E-state index >= 15 is 0 Å². The number of fused-ring (bicyclic) bond motifs is 1. The summed E-state index contributed by atoms with van der Waals surface area (Å²) in [6.45, 7) is 1.58. The lowest BCUT2D eigenvalue weighted by Gasteiger charge is -1.84. The van der Waals surface area contributed by atoms with Gasteiger partial charge in [-0.3, -0.25) is 5.10 Å². The number of aromatic nitrogens is 2. The fraction of sp³-hybridized carbons (Fsp3) is 0.333. The molecule has 2 rings (SSSR count). The Bertz CT molecular complexity index is 298. The zero-order valence-electron chi connectivity index (χ0n) is 5.72. The second-order valence-corrected chi connectivity index (χ2v) is 2.24. The van der Waals surface area contributed by atoms with Crippen LogP contribution in [0.2, 0.25) is 0 Å². The van der Waals surface area contributed by atoms with Crippen LogP contribution < -0.4 is 5.32 Å². The third-order valence-corrected chi connectivity index (χ3v) is 1.66. The molecule has 5 heteroatoms. The third kappa shape index (κ3) is 1.09. The van der Waals surface area contributed by atoms with Crippen LogP contribution >= 0.6 is 12.4 Å². The van der Waals surface area contributed by atoms with Crippen molar-refractivity contribution in [1.82, 2.24) is 15.5 Å².